The van der Waals surface area contributed by atoms with Gasteiger partial charge < -0.3 is 20.3 Å². The number of ether oxygens (including phenoxy) is 1. The fraction of sp³-hybridized carbons (Fsp3) is 0.417. The highest BCUT2D eigenvalue weighted by Crippen LogP contribution is 2.19. The van der Waals surface area contributed by atoms with E-state index in [1.165, 1.54) is 11.1 Å². The Kier molecular flexibility index (Phi) is 9.19. The molecule has 0 aliphatic carbocycles. The molecule has 0 unspecified atom stereocenters. The van der Waals surface area contributed by atoms with Crippen molar-refractivity contribution in [2.75, 3.05) is 33.8 Å². The SMILES string of the molecule is CCN(CC)C(=O)c1ccc(CNC(=NC)NCCc2cc(C)ccc2OC)cc1. The molecule has 1 amide bonds. The lowest BCUT2D eigenvalue weighted by Crippen LogP contribution is -2.37. The number of carbonyl (C=O) groups excluding carboxylic acids is 1. The summed E-state index contributed by atoms with van der Waals surface area (Å²) in [6, 6.07) is 13.9. The molecule has 0 saturated heterocycles. The molecule has 2 aromatic rings. The van der Waals surface area contributed by atoms with Gasteiger partial charge in [-0.25, -0.2) is 0 Å². The van der Waals surface area contributed by atoms with Crippen LogP contribution in [0.1, 0.15) is 40.9 Å². The van der Waals surface area contributed by atoms with Crippen molar-refractivity contribution in [3.8, 4) is 5.75 Å². The molecule has 30 heavy (non-hydrogen) atoms. The fourth-order valence-electron chi connectivity index (χ4n) is 3.28. The van der Waals surface area contributed by atoms with Crippen molar-refractivity contribution in [1.82, 2.24) is 15.5 Å². The molecule has 0 heterocycles. The summed E-state index contributed by atoms with van der Waals surface area (Å²) < 4.78 is 5.44. The second kappa shape index (κ2) is 11.9. The second-order valence-corrected chi connectivity index (χ2v) is 7.09. The van der Waals surface area contributed by atoms with Crippen LogP contribution >= 0.6 is 0 Å². The maximum Gasteiger partial charge on any atom is 0.253 e. The van der Waals surface area contributed by atoms with Gasteiger partial charge in [-0.05, 0) is 56.5 Å². The molecule has 6 nitrogen and oxygen atoms in total. The van der Waals surface area contributed by atoms with Crippen LogP contribution in [0.5, 0.6) is 5.75 Å². The van der Waals surface area contributed by atoms with Crippen molar-refractivity contribution in [3.63, 3.8) is 0 Å². The molecule has 2 N–H and O–H groups in total. The number of carbonyl (C=O) groups is 1. The van der Waals surface area contributed by atoms with Gasteiger partial charge in [0.25, 0.3) is 5.91 Å². The number of hydrogen-bond donors (Lipinski definition) is 2. The molecular formula is C24H34N4O2. The predicted molar refractivity (Wildman–Crippen MR) is 123 cm³/mol. The zero-order chi connectivity index (χ0) is 21.9. The summed E-state index contributed by atoms with van der Waals surface area (Å²) in [5.74, 6) is 1.72. The van der Waals surface area contributed by atoms with E-state index in [1.54, 1.807) is 14.2 Å². The van der Waals surface area contributed by atoms with E-state index in [0.717, 1.165) is 48.9 Å². The molecule has 0 saturated carbocycles. The summed E-state index contributed by atoms with van der Waals surface area (Å²) >= 11 is 0. The van der Waals surface area contributed by atoms with Crippen molar-refractivity contribution in [2.45, 2.75) is 33.7 Å². The standard InChI is InChI=1S/C24H34N4O2/c1-6-28(7-2)23(29)20-11-9-19(10-12-20)17-27-24(25-4)26-15-14-21-16-18(3)8-13-22(21)30-5/h8-13,16H,6-7,14-15,17H2,1-5H3,(H2,25,26,27). The number of hydrogen-bond acceptors (Lipinski definition) is 3. The van der Waals surface area contributed by atoms with Crippen molar-refractivity contribution in [3.05, 3.63) is 64.7 Å². The lowest BCUT2D eigenvalue weighted by atomic mass is 10.1. The van der Waals surface area contributed by atoms with Gasteiger partial charge in [-0.2, -0.15) is 0 Å². The van der Waals surface area contributed by atoms with Crippen LogP contribution in [0.2, 0.25) is 0 Å². The van der Waals surface area contributed by atoms with E-state index in [1.807, 2.05) is 49.1 Å². The number of rotatable bonds is 9. The normalized spacial score (nSPS) is 11.2. The average molecular weight is 411 g/mol. The summed E-state index contributed by atoms with van der Waals surface area (Å²) in [5, 5.41) is 6.66. The lowest BCUT2D eigenvalue weighted by Gasteiger charge is -2.18. The van der Waals surface area contributed by atoms with Gasteiger partial charge in [-0.1, -0.05) is 29.8 Å². The molecule has 6 heteroatoms. The maximum atomic E-state index is 12.4. The first-order valence-corrected chi connectivity index (χ1v) is 10.5. The fourth-order valence-corrected chi connectivity index (χ4v) is 3.28. The quantitative estimate of drug-likeness (QED) is 0.491. The third-order valence-electron chi connectivity index (χ3n) is 5.06. The molecule has 0 aliphatic heterocycles. The topological polar surface area (TPSA) is 66.0 Å². The van der Waals surface area contributed by atoms with Crippen molar-refractivity contribution in [1.29, 1.82) is 0 Å². The molecule has 0 aromatic heterocycles. The zero-order valence-electron chi connectivity index (χ0n) is 18.8. The molecule has 2 rings (SSSR count). The number of benzene rings is 2. The first kappa shape index (κ1) is 23.3. The number of nitrogens with zero attached hydrogens (tertiary/aromatic N) is 2. The Morgan fingerprint density at radius 2 is 1.77 bits per heavy atom. The van der Waals surface area contributed by atoms with Crippen LogP contribution in [-0.4, -0.2) is 50.6 Å². The van der Waals surface area contributed by atoms with Gasteiger partial charge in [0.15, 0.2) is 5.96 Å². The Hall–Kier alpha value is -3.02. The average Bonchev–Trinajstić information content (AvgIpc) is 2.77. The highest BCUT2D eigenvalue weighted by molar-refractivity contribution is 5.94. The number of guanidine groups is 1. The summed E-state index contributed by atoms with van der Waals surface area (Å²) in [7, 11) is 3.46. The monoisotopic (exact) mass is 410 g/mol. The van der Waals surface area contributed by atoms with Gasteiger partial charge in [0.05, 0.1) is 7.11 Å². The third kappa shape index (κ3) is 6.51. The van der Waals surface area contributed by atoms with E-state index >= 15 is 0 Å². The van der Waals surface area contributed by atoms with Crippen LogP contribution in [0.25, 0.3) is 0 Å². The maximum absolute atomic E-state index is 12.4. The van der Waals surface area contributed by atoms with Crippen LogP contribution in [0.4, 0.5) is 0 Å². The van der Waals surface area contributed by atoms with Gasteiger partial charge in [0.2, 0.25) is 0 Å². The van der Waals surface area contributed by atoms with Crippen LogP contribution < -0.4 is 15.4 Å². The Balaban J connectivity index is 1.86. The van der Waals surface area contributed by atoms with Gasteiger partial charge in [-0.3, -0.25) is 9.79 Å². The minimum absolute atomic E-state index is 0.0727. The van der Waals surface area contributed by atoms with Gasteiger partial charge >= 0.3 is 0 Å². The van der Waals surface area contributed by atoms with Gasteiger partial charge in [0, 0.05) is 38.8 Å². The number of methoxy groups -OCH3 is 1. The zero-order valence-corrected chi connectivity index (χ0v) is 18.8. The van der Waals surface area contributed by atoms with E-state index in [2.05, 4.69) is 34.7 Å². The Morgan fingerprint density at radius 1 is 1.07 bits per heavy atom. The highest BCUT2D eigenvalue weighted by Gasteiger charge is 2.12. The van der Waals surface area contributed by atoms with E-state index in [0.29, 0.717) is 6.54 Å². The Morgan fingerprint density at radius 3 is 2.37 bits per heavy atom. The van der Waals surface area contributed by atoms with Gasteiger partial charge in [-0.15, -0.1) is 0 Å². The highest BCUT2D eigenvalue weighted by atomic mass is 16.5. The second-order valence-electron chi connectivity index (χ2n) is 7.09. The van der Waals surface area contributed by atoms with Crippen LogP contribution in [0.15, 0.2) is 47.5 Å². The molecule has 0 fully saturated rings. The first-order chi connectivity index (χ1) is 14.5. The lowest BCUT2D eigenvalue weighted by molar-refractivity contribution is 0.0773. The molecular weight excluding hydrogens is 376 g/mol. The summed E-state index contributed by atoms with van der Waals surface area (Å²) in [6.45, 7) is 8.88. The van der Waals surface area contributed by atoms with Crippen LogP contribution in [0, 0.1) is 6.92 Å². The molecule has 162 valence electrons. The van der Waals surface area contributed by atoms with Crippen LogP contribution in [-0.2, 0) is 13.0 Å². The summed E-state index contributed by atoms with van der Waals surface area (Å²) in [4.78, 5) is 18.5. The number of amides is 1. The first-order valence-electron chi connectivity index (χ1n) is 10.5. The predicted octanol–water partition coefficient (Wildman–Crippen LogP) is 3.39. The molecule has 0 bridgehead atoms. The van der Waals surface area contributed by atoms with E-state index < -0.39 is 0 Å². The van der Waals surface area contributed by atoms with E-state index in [4.69, 9.17) is 4.74 Å². The molecule has 0 atom stereocenters. The summed E-state index contributed by atoms with van der Waals surface area (Å²) in [6.07, 6.45) is 0.841. The molecule has 0 aliphatic rings. The van der Waals surface area contributed by atoms with Gasteiger partial charge in [0.1, 0.15) is 5.75 Å². The van der Waals surface area contributed by atoms with E-state index in [9.17, 15) is 4.79 Å². The molecule has 0 radical (unpaired) electrons. The smallest absolute Gasteiger partial charge is 0.253 e. The molecule has 2 aromatic carbocycles. The largest absolute Gasteiger partial charge is 0.496 e. The summed E-state index contributed by atoms with van der Waals surface area (Å²) in [5.41, 5.74) is 4.21. The number of aliphatic imine (C=N–C) groups is 1. The molecule has 0 spiro atoms. The Labute approximate surface area is 180 Å². The van der Waals surface area contributed by atoms with Crippen molar-refractivity contribution in [2.24, 2.45) is 4.99 Å². The number of nitrogens with one attached hydrogen (secondary N) is 2. The van der Waals surface area contributed by atoms with E-state index in [-0.39, 0.29) is 5.91 Å². The third-order valence-corrected chi connectivity index (χ3v) is 5.06. The van der Waals surface area contributed by atoms with Crippen LogP contribution in [0.3, 0.4) is 0 Å². The van der Waals surface area contributed by atoms with Crippen molar-refractivity contribution < 1.29 is 9.53 Å². The minimum atomic E-state index is 0.0727. The Bertz CT molecular complexity index is 843. The minimum Gasteiger partial charge on any atom is -0.496 e. The number of aryl methyl sites for hydroxylation is 1. The van der Waals surface area contributed by atoms with Crippen molar-refractivity contribution >= 4 is 11.9 Å².